The molecule has 0 bridgehead atoms. The molecule has 2 aliphatic rings. The highest BCUT2D eigenvalue weighted by Gasteiger charge is 2.29. The molecule has 2 unspecified atom stereocenters. The second-order valence-electron chi connectivity index (χ2n) is 4.76. The van der Waals surface area contributed by atoms with E-state index in [1.54, 1.807) is 0 Å². The van der Waals surface area contributed by atoms with Crippen LogP contribution in [0.15, 0.2) is 0 Å². The van der Waals surface area contributed by atoms with Gasteiger partial charge in [-0.3, -0.25) is 0 Å². The summed E-state index contributed by atoms with van der Waals surface area (Å²) >= 11 is 2.09. The first-order valence-corrected chi connectivity index (χ1v) is 6.86. The number of hydrogen-bond acceptors (Lipinski definition) is 3. The molecule has 82 valence electrons. The summed E-state index contributed by atoms with van der Waals surface area (Å²) in [6.45, 7) is 5.41. The first-order valence-electron chi connectivity index (χ1n) is 5.71. The molecular weight excluding hydrogens is 194 g/mol. The Morgan fingerprint density at radius 3 is 3.14 bits per heavy atom. The number of nitrogens with one attached hydrogen (secondary N) is 1. The molecule has 2 atom stereocenters. The van der Waals surface area contributed by atoms with Gasteiger partial charge >= 0.3 is 0 Å². The van der Waals surface area contributed by atoms with Gasteiger partial charge in [-0.2, -0.15) is 11.8 Å². The van der Waals surface area contributed by atoms with Crippen molar-refractivity contribution < 1.29 is 4.74 Å². The minimum Gasteiger partial charge on any atom is -0.374 e. The van der Waals surface area contributed by atoms with Gasteiger partial charge in [0.2, 0.25) is 0 Å². The Labute approximate surface area is 91.2 Å². The maximum atomic E-state index is 5.74. The number of thioether (sulfide) groups is 1. The average molecular weight is 215 g/mol. The number of rotatable bonds is 4. The van der Waals surface area contributed by atoms with E-state index >= 15 is 0 Å². The predicted molar refractivity (Wildman–Crippen MR) is 61.9 cm³/mol. The topological polar surface area (TPSA) is 21.3 Å². The fraction of sp³-hybridized carbons (Fsp3) is 1.00. The zero-order valence-electron chi connectivity index (χ0n) is 9.05. The Hall–Kier alpha value is 0.270. The lowest BCUT2D eigenvalue weighted by Gasteiger charge is -2.24. The summed E-state index contributed by atoms with van der Waals surface area (Å²) in [5, 5.41) is 3.57. The Balaban J connectivity index is 1.61. The van der Waals surface area contributed by atoms with E-state index in [1.165, 1.54) is 37.3 Å². The van der Waals surface area contributed by atoms with Crippen molar-refractivity contribution in [1.82, 2.24) is 5.32 Å². The fourth-order valence-electron chi connectivity index (χ4n) is 2.26. The summed E-state index contributed by atoms with van der Waals surface area (Å²) in [5.41, 5.74) is 0.131. The van der Waals surface area contributed by atoms with Crippen LogP contribution in [0.1, 0.15) is 26.2 Å². The molecule has 0 aromatic carbocycles. The summed E-state index contributed by atoms with van der Waals surface area (Å²) in [6.07, 6.45) is 3.85. The summed E-state index contributed by atoms with van der Waals surface area (Å²) in [6, 6.07) is 0. The van der Waals surface area contributed by atoms with Gasteiger partial charge in [-0.25, -0.2) is 0 Å². The molecule has 0 radical (unpaired) electrons. The van der Waals surface area contributed by atoms with Crippen molar-refractivity contribution in [2.45, 2.75) is 31.8 Å². The third kappa shape index (κ3) is 2.88. The van der Waals surface area contributed by atoms with Gasteiger partial charge in [-0.15, -0.1) is 0 Å². The highest BCUT2D eigenvalue weighted by Crippen LogP contribution is 2.25. The smallest absolute Gasteiger partial charge is 0.0779 e. The molecule has 0 saturated carbocycles. The minimum atomic E-state index is 0.131. The van der Waals surface area contributed by atoms with Gasteiger partial charge in [-0.1, -0.05) is 0 Å². The molecule has 3 heteroatoms. The monoisotopic (exact) mass is 215 g/mol. The zero-order valence-corrected chi connectivity index (χ0v) is 9.87. The van der Waals surface area contributed by atoms with Crippen molar-refractivity contribution >= 4 is 11.8 Å². The van der Waals surface area contributed by atoms with E-state index in [4.69, 9.17) is 4.74 Å². The van der Waals surface area contributed by atoms with Gasteiger partial charge in [0.15, 0.2) is 0 Å². The van der Waals surface area contributed by atoms with Gasteiger partial charge in [0, 0.05) is 13.2 Å². The molecular formula is C11H21NOS. The Bertz CT molecular complexity index is 174. The Kier molecular flexibility index (Phi) is 3.74. The summed E-state index contributed by atoms with van der Waals surface area (Å²) in [4.78, 5) is 0. The molecule has 0 amide bonds. The minimum absolute atomic E-state index is 0.131. The lowest BCUT2D eigenvalue weighted by atomic mass is 10.0. The van der Waals surface area contributed by atoms with Gasteiger partial charge in [-0.05, 0) is 50.2 Å². The van der Waals surface area contributed by atoms with E-state index in [-0.39, 0.29) is 5.60 Å². The molecule has 2 saturated heterocycles. The van der Waals surface area contributed by atoms with E-state index in [1.807, 2.05) is 0 Å². The molecule has 2 heterocycles. The first-order chi connectivity index (χ1) is 6.79. The molecule has 0 spiro atoms. The second kappa shape index (κ2) is 4.86. The van der Waals surface area contributed by atoms with Gasteiger partial charge in [0.25, 0.3) is 0 Å². The molecule has 2 aliphatic heterocycles. The third-order valence-corrected chi connectivity index (χ3v) is 4.49. The molecule has 2 nitrogen and oxygen atoms in total. The van der Waals surface area contributed by atoms with E-state index in [0.717, 1.165) is 19.1 Å². The Morgan fingerprint density at radius 1 is 1.57 bits per heavy atom. The van der Waals surface area contributed by atoms with Crippen molar-refractivity contribution in [1.29, 1.82) is 0 Å². The van der Waals surface area contributed by atoms with Crippen LogP contribution in [0, 0.1) is 5.92 Å². The van der Waals surface area contributed by atoms with Crippen molar-refractivity contribution in [2.75, 3.05) is 31.2 Å². The van der Waals surface area contributed by atoms with Crippen molar-refractivity contribution in [3.05, 3.63) is 0 Å². The van der Waals surface area contributed by atoms with E-state index < -0.39 is 0 Å². The summed E-state index contributed by atoms with van der Waals surface area (Å²) < 4.78 is 5.74. The average Bonchev–Trinajstić information content (AvgIpc) is 2.77. The molecule has 2 fully saturated rings. The van der Waals surface area contributed by atoms with Crippen LogP contribution < -0.4 is 5.32 Å². The lowest BCUT2D eigenvalue weighted by molar-refractivity contribution is 0.0205. The van der Waals surface area contributed by atoms with Crippen LogP contribution in [0.25, 0.3) is 0 Å². The van der Waals surface area contributed by atoms with Crippen LogP contribution in [0.3, 0.4) is 0 Å². The van der Waals surface area contributed by atoms with Crippen molar-refractivity contribution in [3.8, 4) is 0 Å². The van der Waals surface area contributed by atoms with Crippen LogP contribution >= 0.6 is 11.8 Å². The predicted octanol–water partition coefficient (Wildman–Crippen LogP) is 1.90. The fourth-order valence-corrected chi connectivity index (χ4v) is 3.55. The van der Waals surface area contributed by atoms with Crippen molar-refractivity contribution in [2.24, 2.45) is 5.92 Å². The van der Waals surface area contributed by atoms with Crippen LogP contribution in [-0.2, 0) is 4.74 Å². The van der Waals surface area contributed by atoms with Crippen LogP contribution in [0.4, 0.5) is 0 Å². The van der Waals surface area contributed by atoms with Gasteiger partial charge in [0.05, 0.1) is 5.60 Å². The molecule has 0 aromatic heterocycles. The molecule has 0 aliphatic carbocycles. The Morgan fingerprint density at radius 2 is 2.50 bits per heavy atom. The van der Waals surface area contributed by atoms with Crippen molar-refractivity contribution in [3.63, 3.8) is 0 Å². The van der Waals surface area contributed by atoms with Crippen LogP contribution in [0.2, 0.25) is 0 Å². The van der Waals surface area contributed by atoms with E-state index in [9.17, 15) is 0 Å². The van der Waals surface area contributed by atoms with Crippen LogP contribution in [-0.4, -0.2) is 36.8 Å². The zero-order chi connectivity index (χ0) is 9.86. The highest BCUT2D eigenvalue weighted by molar-refractivity contribution is 7.99. The molecule has 1 N–H and O–H groups in total. The SMILES string of the molecule is CC1(CNCC2CCSC2)CCCO1. The quantitative estimate of drug-likeness (QED) is 0.774. The largest absolute Gasteiger partial charge is 0.374 e. The number of hydrogen-bond donors (Lipinski definition) is 1. The lowest BCUT2D eigenvalue weighted by Crippen LogP contribution is -2.39. The van der Waals surface area contributed by atoms with E-state index in [2.05, 4.69) is 24.0 Å². The molecule has 14 heavy (non-hydrogen) atoms. The second-order valence-corrected chi connectivity index (χ2v) is 5.91. The van der Waals surface area contributed by atoms with E-state index in [0.29, 0.717) is 0 Å². The maximum absolute atomic E-state index is 5.74. The van der Waals surface area contributed by atoms with Crippen LogP contribution in [0.5, 0.6) is 0 Å². The maximum Gasteiger partial charge on any atom is 0.0779 e. The highest BCUT2D eigenvalue weighted by atomic mass is 32.2. The number of ether oxygens (including phenoxy) is 1. The van der Waals surface area contributed by atoms with Gasteiger partial charge in [0.1, 0.15) is 0 Å². The molecule has 2 rings (SSSR count). The standard InChI is InChI=1S/C11H21NOS/c1-11(4-2-5-13-11)9-12-7-10-3-6-14-8-10/h10,12H,2-9H2,1H3. The van der Waals surface area contributed by atoms with Gasteiger partial charge < -0.3 is 10.1 Å². The summed E-state index contributed by atoms with van der Waals surface area (Å²) in [5.74, 6) is 3.62. The first kappa shape index (κ1) is 10.8. The normalized spacial score (nSPS) is 37.9. The molecule has 0 aromatic rings. The third-order valence-electron chi connectivity index (χ3n) is 3.26. The summed E-state index contributed by atoms with van der Waals surface area (Å²) in [7, 11) is 0.